The lowest BCUT2D eigenvalue weighted by Gasteiger charge is -2.26. The molecule has 0 amide bonds. The van der Waals surface area contributed by atoms with Gasteiger partial charge in [0.1, 0.15) is 13.2 Å². The van der Waals surface area contributed by atoms with Crippen molar-refractivity contribution < 1.29 is 20.1 Å². The highest BCUT2D eigenvalue weighted by Gasteiger charge is 2.23. The lowest BCUT2D eigenvalue weighted by molar-refractivity contribution is 0.124. The summed E-state index contributed by atoms with van der Waals surface area (Å²) in [7, 11) is 0. The first kappa shape index (κ1) is 9.60. The number of benzene rings is 1. The normalized spacial score (nSPS) is 29.7. The van der Waals surface area contributed by atoms with Crippen LogP contribution in [0.5, 0.6) is 11.5 Å². The van der Waals surface area contributed by atoms with Crippen LogP contribution in [0.25, 0.3) is 0 Å². The molecule has 0 radical (unpaired) electrons. The first-order valence-electron chi connectivity index (χ1n) is 8.82. The minimum absolute atomic E-state index is 0.0877. The van der Waals surface area contributed by atoms with Crippen LogP contribution in [0.1, 0.15) is 30.0 Å². The zero-order valence-electron chi connectivity index (χ0n) is 15.2. The van der Waals surface area contributed by atoms with Crippen LogP contribution in [0.3, 0.4) is 0 Å². The Morgan fingerprint density at radius 2 is 1.95 bits per heavy atom. The molecule has 1 aromatic carbocycles. The van der Waals surface area contributed by atoms with Crippen LogP contribution in [0, 0.1) is 0 Å². The summed E-state index contributed by atoms with van der Waals surface area (Å²) < 4.78 is 42.7. The van der Waals surface area contributed by atoms with Crippen molar-refractivity contribution in [2.24, 2.45) is 5.73 Å². The molecule has 5 heteroatoms. The van der Waals surface area contributed by atoms with Crippen LogP contribution >= 0.6 is 0 Å². The van der Waals surface area contributed by atoms with E-state index >= 15 is 0 Å². The number of hydrogen-bond acceptors (Lipinski definition) is 5. The second kappa shape index (κ2) is 5.99. The second-order valence-corrected chi connectivity index (χ2v) is 4.94. The fourth-order valence-electron chi connectivity index (χ4n) is 2.37. The van der Waals surface area contributed by atoms with Gasteiger partial charge in [-0.1, -0.05) is 6.07 Å². The highest BCUT2D eigenvalue weighted by Crippen LogP contribution is 2.33. The maximum Gasteiger partial charge on any atom is 0.161 e. The van der Waals surface area contributed by atoms with Crippen molar-refractivity contribution in [3.63, 3.8) is 0 Å². The molecule has 110 valence electrons. The van der Waals surface area contributed by atoms with Gasteiger partial charge in [0, 0.05) is 18.1 Å². The Morgan fingerprint density at radius 1 is 1.25 bits per heavy atom. The Labute approximate surface area is 124 Å². The molecule has 3 rings (SSSR count). The van der Waals surface area contributed by atoms with Crippen LogP contribution in [-0.2, 0) is 0 Å². The van der Waals surface area contributed by atoms with Gasteiger partial charge < -0.3 is 25.2 Å². The predicted molar refractivity (Wildman–Crippen MR) is 76.0 cm³/mol. The van der Waals surface area contributed by atoms with E-state index in [9.17, 15) is 5.11 Å². The van der Waals surface area contributed by atoms with E-state index in [1.54, 1.807) is 18.2 Å². The van der Waals surface area contributed by atoms with Gasteiger partial charge in [-0.15, -0.1) is 0 Å². The maximum absolute atomic E-state index is 10.5. The molecule has 0 aliphatic carbocycles. The standard InChI is InChI=1S/C15H22N2O3/c16-12(10-17-5-1-2-6-17)15(18)11-3-4-13-14(9-11)20-8-7-19-13/h3-4,9,12,15,18H,1-2,5-8,10,16H2/t12-,15-/m1/s1/i5D2,6D2. The summed E-state index contributed by atoms with van der Waals surface area (Å²) in [5.74, 6) is 1.15. The number of likely N-dealkylation sites (tertiary alicyclic amines) is 1. The molecule has 0 bridgehead atoms. The minimum Gasteiger partial charge on any atom is -0.486 e. The lowest BCUT2D eigenvalue weighted by atomic mass is 10.0. The number of nitrogens with zero attached hydrogens (tertiary/aromatic N) is 1. The number of fused-ring (bicyclic) bond motifs is 1. The van der Waals surface area contributed by atoms with Crippen molar-refractivity contribution in [2.45, 2.75) is 25.0 Å². The molecule has 0 saturated carbocycles. The fraction of sp³-hybridized carbons (Fsp3) is 0.600. The first-order chi connectivity index (χ1) is 11.2. The van der Waals surface area contributed by atoms with E-state index < -0.39 is 25.1 Å². The average Bonchev–Trinajstić information content (AvgIpc) is 2.76. The average molecular weight is 282 g/mol. The number of nitrogens with two attached hydrogens (primary N) is 1. The largest absolute Gasteiger partial charge is 0.486 e. The molecule has 2 heterocycles. The zero-order valence-corrected chi connectivity index (χ0v) is 11.2. The molecule has 3 N–H and O–H groups in total. The predicted octanol–water partition coefficient (Wildman–Crippen LogP) is 0.914. The monoisotopic (exact) mass is 282 g/mol. The van der Waals surface area contributed by atoms with Gasteiger partial charge in [0.15, 0.2) is 11.5 Å². The van der Waals surface area contributed by atoms with Crippen molar-refractivity contribution in [3.8, 4) is 11.5 Å². The number of hydrogen-bond donors (Lipinski definition) is 2. The molecule has 2 atom stereocenters. The van der Waals surface area contributed by atoms with Crippen molar-refractivity contribution in [1.82, 2.24) is 4.90 Å². The number of ether oxygens (including phenoxy) is 2. The molecule has 0 unspecified atom stereocenters. The summed E-state index contributed by atoms with van der Waals surface area (Å²) in [6.07, 6.45) is -0.854. The van der Waals surface area contributed by atoms with Crippen molar-refractivity contribution >= 4 is 0 Å². The molecule has 0 aromatic heterocycles. The van der Waals surface area contributed by atoms with Gasteiger partial charge in [-0.3, -0.25) is 0 Å². The van der Waals surface area contributed by atoms with Crippen LogP contribution in [0.4, 0.5) is 0 Å². The molecule has 2 aliphatic heterocycles. The van der Waals surface area contributed by atoms with Crippen LogP contribution in [0.2, 0.25) is 0 Å². The van der Waals surface area contributed by atoms with Gasteiger partial charge in [-0.05, 0) is 43.5 Å². The van der Waals surface area contributed by atoms with Crippen LogP contribution in [-0.4, -0.2) is 48.8 Å². The number of rotatable bonds is 4. The molecular weight excluding hydrogens is 256 g/mol. The smallest absolute Gasteiger partial charge is 0.161 e. The quantitative estimate of drug-likeness (QED) is 0.859. The summed E-state index contributed by atoms with van der Waals surface area (Å²) in [6.45, 7) is -2.71. The highest BCUT2D eigenvalue weighted by atomic mass is 16.6. The van der Waals surface area contributed by atoms with Gasteiger partial charge in [0.25, 0.3) is 0 Å². The van der Waals surface area contributed by atoms with Crippen molar-refractivity contribution in [3.05, 3.63) is 23.8 Å². The molecule has 1 fully saturated rings. The summed E-state index contributed by atoms with van der Waals surface area (Å²) >= 11 is 0. The molecule has 2 aliphatic rings. The van der Waals surface area contributed by atoms with E-state index in [0.29, 0.717) is 30.3 Å². The lowest BCUT2D eigenvalue weighted by Crippen LogP contribution is -2.40. The maximum atomic E-state index is 10.5. The fourth-order valence-corrected chi connectivity index (χ4v) is 2.37. The van der Waals surface area contributed by atoms with E-state index in [1.165, 1.54) is 0 Å². The van der Waals surface area contributed by atoms with Gasteiger partial charge in [0.05, 0.1) is 6.10 Å². The number of aliphatic hydroxyl groups is 1. The molecular formula is C15H22N2O3. The summed E-state index contributed by atoms with van der Waals surface area (Å²) in [6, 6.07) is 4.21. The Hall–Kier alpha value is -1.30. The van der Waals surface area contributed by atoms with Gasteiger partial charge in [-0.25, -0.2) is 0 Å². The third kappa shape index (κ3) is 2.90. The topological polar surface area (TPSA) is 68.0 Å². The minimum atomic E-state index is -1.77. The van der Waals surface area contributed by atoms with Crippen molar-refractivity contribution in [1.29, 1.82) is 0 Å². The van der Waals surface area contributed by atoms with Crippen LogP contribution in [0.15, 0.2) is 18.2 Å². The van der Waals surface area contributed by atoms with E-state index in [4.69, 9.17) is 20.7 Å². The number of aliphatic hydroxyl groups excluding tert-OH is 1. The Balaban J connectivity index is 1.74. The zero-order chi connectivity index (χ0) is 17.5. The molecule has 20 heavy (non-hydrogen) atoms. The summed E-state index contributed by atoms with van der Waals surface area (Å²) in [4.78, 5) is 1.10. The SMILES string of the molecule is [2H]C1([2H])CCC([2H])([2H])N1C[C@@H](N)[C@H](O)c1ccc2c(c1)OCCO2. The third-order valence-corrected chi connectivity index (χ3v) is 3.44. The van der Waals surface area contributed by atoms with E-state index in [0.717, 1.165) is 4.90 Å². The molecule has 0 spiro atoms. The summed E-state index contributed by atoms with van der Waals surface area (Å²) in [5.41, 5.74) is 6.58. The van der Waals surface area contributed by atoms with Crippen molar-refractivity contribution in [2.75, 3.05) is 32.8 Å². The van der Waals surface area contributed by atoms with Gasteiger partial charge in [-0.2, -0.15) is 0 Å². The highest BCUT2D eigenvalue weighted by molar-refractivity contribution is 5.44. The van der Waals surface area contributed by atoms with E-state index in [2.05, 4.69) is 0 Å². The molecule has 1 saturated heterocycles. The van der Waals surface area contributed by atoms with E-state index in [1.807, 2.05) is 0 Å². The van der Waals surface area contributed by atoms with Gasteiger partial charge >= 0.3 is 0 Å². The second-order valence-electron chi connectivity index (χ2n) is 4.94. The molecule has 1 aromatic rings. The molecule has 5 nitrogen and oxygen atoms in total. The summed E-state index contributed by atoms with van der Waals surface area (Å²) in [5, 5.41) is 10.5. The first-order valence-corrected chi connectivity index (χ1v) is 6.82. The Morgan fingerprint density at radius 3 is 2.70 bits per heavy atom. The van der Waals surface area contributed by atoms with Crippen LogP contribution < -0.4 is 15.2 Å². The Kier molecular flexibility index (Phi) is 2.88. The van der Waals surface area contributed by atoms with Gasteiger partial charge in [0.2, 0.25) is 0 Å². The third-order valence-electron chi connectivity index (χ3n) is 3.44. The van der Waals surface area contributed by atoms with E-state index in [-0.39, 0.29) is 19.4 Å². The Bertz CT molecular complexity index is 598.